The number of rotatable bonds is 19. The Morgan fingerprint density at radius 2 is 1.57 bits per heavy atom. The van der Waals surface area contributed by atoms with E-state index in [4.69, 9.17) is 4.74 Å². The Kier molecular flexibility index (Phi) is 19.2. The minimum absolute atomic E-state index is 0.0162. The number of alkyl halides is 2. The summed E-state index contributed by atoms with van der Waals surface area (Å²) in [6.07, 6.45) is 5.81. The first-order valence-corrected chi connectivity index (χ1v) is 29.8. The van der Waals surface area contributed by atoms with Crippen LogP contribution >= 0.6 is 18.9 Å². The Bertz CT molecular complexity index is 3260. The lowest BCUT2D eigenvalue weighted by Crippen LogP contribution is -2.66. The van der Waals surface area contributed by atoms with Crippen LogP contribution in [0, 0.1) is 17.3 Å². The van der Waals surface area contributed by atoms with Crippen molar-refractivity contribution in [2.75, 3.05) is 45.9 Å². The van der Waals surface area contributed by atoms with Gasteiger partial charge in [0, 0.05) is 54.8 Å². The first kappa shape index (κ1) is 60.9. The van der Waals surface area contributed by atoms with Crippen LogP contribution in [-0.2, 0) is 43.7 Å². The van der Waals surface area contributed by atoms with Gasteiger partial charge in [0.25, 0.3) is 17.7 Å². The van der Waals surface area contributed by atoms with E-state index in [9.17, 15) is 66.3 Å². The van der Waals surface area contributed by atoms with Crippen molar-refractivity contribution in [1.29, 1.82) is 0 Å². The number of thiophene rings is 1. The van der Waals surface area contributed by atoms with Crippen molar-refractivity contribution in [3.05, 3.63) is 105 Å². The van der Waals surface area contributed by atoms with Crippen LogP contribution in [0.15, 0.2) is 72.8 Å². The van der Waals surface area contributed by atoms with E-state index in [2.05, 4.69) is 27.8 Å². The number of nitrogens with zero attached hydrogens (tertiary/aromatic N) is 4. The number of amides is 9. The minimum Gasteiger partial charge on any atom is -0.370 e. The maximum atomic E-state index is 14.9. The van der Waals surface area contributed by atoms with Crippen LogP contribution in [0.4, 0.5) is 8.78 Å². The molecule has 5 heterocycles. The van der Waals surface area contributed by atoms with Crippen molar-refractivity contribution >= 4 is 82.2 Å². The molecule has 0 saturated carbocycles. The molecule has 5 N–H and O–H groups in total. The zero-order valence-electron chi connectivity index (χ0n) is 45.8. The molecule has 0 aliphatic carbocycles. The number of piperidine rings is 1. The SMILES string of the molecule is CC(C)(C)[C@H](NC(=O)c1cc2cc(C(F)(F)P(=O)(O)O)ccc2s1)C(=O)N1CCN(C(=O)CC(=O)NCCCCCCCCCC#Cc2cccc3c2C(=O)N(C2CCC(=O)NC2=O)C3=O)C[C@H]1C(=O)N1CCOC(c2ccccc2)C1. The van der Waals surface area contributed by atoms with E-state index in [-0.39, 0.29) is 73.6 Å². The lowest BCUT2D eigenvalue weighted by atomic mass is 9.85. The lowest BCUT2D eigenvalue weighted by Gasteiger charge is -2.45. The van der Waals surface area contributed by atoms with Gasteiger partial charge in [0.1, 0.15) is 30.7 Å². The number of fused-ring (bicyclic) bond motifs is 2. The molecule has 24 heteroatoms. The van der Waals surface area contributed by atoms with E-state index in [1.165, 1.54) is 28.0 Å². The number of benzene rings is 3. The highest BCUT2D eigenvalue weighted by Crippen LogP contribution is 2.59. The highest BCUT2D eigenvalue weighted by atomic mass is 32.1. The lowest BCUT2D eigenvalue weighted by molar-refractivity contribution is -0.158. The summed E-state index contributed by atoms with van der Waals surface area (Å²) in [6.45, 7) is 5.71. The van der Waals surface area contributed by atoms with Crippen LogP contribution < -0.4 is 16.0 Å². The van der Waals surface area contributed by atoms with Gasteiger partial charge in [-0.2, -0.15) is 8.78 Å². The maximum absolute atomic E-state index is 14.9. The molecule has 20 nitrogen and oxygen atoms in total. The smallest absolute Gasteiger partial charge is 0.370 e. The van der Waals surface area contributed by atoms with Crippen molar-refractivity contribution in [3.8, 4) is 11.8 Å². The topological polar surface area (TPSA) is 269 Å². The number of carbonyl (C=O) groups excluding carboxylic acids is 9. The number of unbranched alkanes of at least 4 members (excludes halogenated alkanes) is 7. The molecule has 2 unspecified atom stereocenters. The summed E-state index contributed by atoms with van der Waals surface area (Å²) in [5, 5.41) is 7.94. The van der Waals surface area contributed by atoms with E-state index in [1.54, 1.807) is 37.8 Å². The van der Waals surface area contributed by atoms with Gasteiger partial charge in [-0.1, -0.05) is 107 Å². The van der Waals surface area contributed by atoms with Crippen molar-refractivity contribution in [1.82, 2.24) is 35.6 Å². The fraction of sp³-hybridized carbons (Fsp3) is 0.466. The number of morpholine rings is 1. The van der Waals surface area contributed by atoms with Gasteiger partial charge < -0.3 is 39.9 Å². The average molecular weight is 1170 g/mol. The fourth-order valence-electron chi connectivity index (χ4n) is 10.5. The number of ether oxygens (including phenoxy) is 1. The molecule has 3 fully saturated rings. The van der Waals surface area contributed by atoms with Gasteiger partial charge in [-0.3, -0.25) is 57.9 Å². The molecule has 3 saturated heterocycles. The first-order valence-electron chi connectivity index (χ1n) is 27.4. The van der Waals surface area contributed by atoms with Crippen molar-refractivity contribution in [3.63, 3.8) is 0 Å². The third-order valence-electron chi connectivity index (χ3n) is 15.0. The molecule has 4 aliphatic heterocycles. The van der Waals surface area contributed by atoms with E-state index >= 15 is 0 Å². The Balaban J connectivity index is 0.815. The summed E-state index contributed by atoms with van der Waals surface area (Å²) >= 11 is 0.927. The summed E-state index contributed by atoms with van der Waals surface area (Å²) in [4.78, 5) is 145. The molecule has 3 aromatic carbocycles. The molecule has 8 rings (SSSR count). The summed E-state index contributed by atoms with van der Waals surface area (Å²) < 4.78 is 47.2. The van der Waals surface area contributed by atoms with Crippen molar-refractivity contribution in [2.24, 2.45) is 5.41 Å². The van der Waals surface area contributed by atoms with Crippen molar-refractivity contribution in [2.45, 2.75) is 121 Å². The maximum Gasteiger partial charge on any atom is 0.399 e. The van der Waals surface area contributed by atoms with Gasteiger partial charge in [-0.05, 0) is 66.0 Å². The predicted molar refractivity (Wildman–Crippen MR) is 297 cm³/mol. The van der Waals surface area contributed by atoms with Gasteiger partial charge in [0.05, 0.1) is 35.7 Å². The van der Waals surface area contributed by atoms with Crippen LogP contribution in [0.2, 0.25) is 0 Å². The van der Waals surface area contributed by atoms with Gasteiger partial charge in [0.2, 0.25) is 35.4 Å². The van der Waals surface area contributed by atoms with E-state index in [0.717, 1.165) is 72.5 Å². The summed E-state index contributed by atoms with van der Waals surface area (Å²) in [5.74, 6) is 1.02. The molecule has 9 amide bonds. The molecule has 4 aliphatic rings. The predicted octanol–water partition coefficient (Wildman–Crippen LogP) is 5.99. The third-order valence-corrected chi connectivity index (χ3v) is 17.1. The molecule has 0 spiro atoms. The Morgan fingerprint density at radius 3 is 2.28 bits per heavy atom. The Morgan fingerprint density at radius 1 is 0.854 bits per heavy atom. The monoisotopic (exact) mass is 1170 g/mol. The highest BCUT2D eigenvalue weighted by molar-refractivity contribution is 7.52. The Labute approximate surface area is 476 Å². The molecule has 0 bridgehead atoms. The van der Waals surface area contributed by atoms with Crippen LogP contribution in [0.1, 0.15) is 145 Å². The largest absolute Gasteiger partial charge is 0.399 e. The molecular formula is C58H66F2N7O13PS. The zero-order chi connectivity index (χ0) is 59.1. The number of nitrogens with one attached hydrogen (secondary N) is 3. The number of halogens is 2. The average Bonchev–Trinajstić information content (AvgIpc) is 3.90. The van der Waals surface area contributed by atoms with E-state index in [1.807, 2.05) is 30.3 Å². The second-order valence-corrected chi connectivity index (χ2v) is 24.6. The molecule has 1 aromatic heterocycles. The number of hydrogen-bond acceptors (Lipinski definition) is 12. The van der Waals surface area contributed by atoms with E-state index in [0.29, 0.717) is 29.6 Å². The van der Waals surface area contributed by atoms with Gasteiger partial charge in [-0.15, -0.1) is 11.3 Å². The summed E-state index contributed by atoms with van der Waals surface area (Å²) in [5.41, 5.74) is -4.76. The quantitative estimate of drug-likeness (QED) is 0.0238. The molecule has 436 valence electrons. The van der Waals surface area contributed by atoms with Gasteiger partial charge in [-0.25, -0.2) is 0 Å². The van der Waals surface area contributed by atoms with Gasteiger partial charge in [0.15, 0.2) is 0 Å². The summed E-state index contributed by atoms with van der Waals surface area (Å²) in [7, 11) is -5.87. The van der Waals surface area contributed by atoms with Crippen molar-refractivity contribution < 1.29 is 71.0 Å². The second-order valence-electron chi connectivity index (χ2n) is 21.9. The zero-order valence-corrected chi connectivity index (χ0v) is 47.5. The van der Waals surface area contributed by atoms with Crippen LogP contribution in [0.25, 0.3) is 10.1 Å². The normalized spacial score (nSPS) is 19.1. The molecule has 4 aromatic rings. The fourth-order valence-corrected chi connectivity index (χ4v) is 11.9. The second kappa shape index (κ2) is 25.9. The summed E-state index contributed by atoms with van der Waals surface area (Å²) in [6, 6.07) is 15.0. The first-order chi connectivity index (χ1) is 38.9. The number of imide groups is 2. The number of hydrogen-bond donors (Lipinski definition) is 5. The van der Waals surface area contributed by atoms with E-state index < -0.39 is 108 Å². The minimum atomic E-state index is -5.87. The number of piperazine rings is 1. The van der Waals surface area contributed by atoms with Gasteiger partial charge >= 0.3 is 13.3 Å². The number of carbonyl (C=O) groups is 9. The van der Waals surface area contributed by atoms with Crippen LogP contribution in [0.3, 0.4) is 0 Å². The van der Waals surface area contributed by atoms with Crippen LogP contribution in [0.5, 0.6) is 0 Å². The highest BCUT2D eigenvalue weighted by Gasteiger charge is 2.51. The standard InChI is InChI=1S/C58H66F2N7O13PS/c1-57(2,3)50(63-52(72)45-32-38-31-39(22-24-44(38)82-45)58(59,60)81(77,78)79)56(76)66-28-27-64(34-42(66)54(74)65-29-30-80-43(35-65)36-17-13-11-14-18-36)48(70)33-47(69)61-26-15-10-8-6-4-5-7-9-12-19-37-20-16-21-40-49(37)55(75)67(53(40)73)41-23-25-46(68)62-51(41)71/h11,13-14,16-18,20-22,24,31-32,41-43,50H,4-10,15,23,25-30,33-35H2,1-3H3,(H,61,69)(H,63,72)(H,62,68,71)(H2,77,78,79)/t41?,42-,43?,50+/m0/s1. The molecule has 0 radical (unpaired) electrons. The van der Waals surface area contributed by atoms with Crippen LogP contribution in [-0.4, -0.2) is 147 Å². The molecule has 82 heavy (non-hydrogen) atoms. The molecule has 4 atom stereocenters. The molecular weight excluding hydrogens is 1100 g/mol. The Hall–Kier alpha value is -7.22. The third kappa shape index (κ3) is 14.0.